The number of benzene rings is 3. The summed E-state index contributed by atoms with van der Waals surface area (Å²) in [5.74, 6) is 1.15. The van der Waals surface area contributed by atoms with Crippen molar-refractivity contribution in [3.63, 3.8) is 0 Å². The molecule has 4 aromatic rings. The summed E-state index contributed by atoms with van der Waals surface area (Å²) < 4.78 is 17.9. The van der Waals surface area contributed by atoms with Gasteiger partial charge in [-0.2, -0.15) is 0 Å². The number of furan rings is 1. The summed E-state index contributed by atoms with van der Waals surface area (Å²) in [5.41, 5.74) is 3.71. The molecule has 0 radical (unpaired) electrons. The van der Waals surface area contributed by atoms with Gasteiger partial charge in [0.25, 0.3) is 0 Å². The van der Waals surface area contributed by atoms with E-state index < -0.39 is 0 Å². The van der Waals surface area contributed by atoms with Gasteiger partial charge in [-0.25, -0.2) is 9.98 Å². The van der Waals surface area contributed by atoms with Crippen molar-refractivity contribution in [2.24, 2.45) is 9.98 Å². The van der Waals surface area contributed by atoms with Crippen LogP contribution in [0.3, 0.4) is 0 Å². The molecule has 1 aromatic heterocycles. The molecule has 33 heavy (non-hydrogen) atoms. The summed E-state index contributed by atoms with van der Waals surface area (Å²) in [6, 6.07) is 28.4. The standard InChI is InChI=1S/C28H22N2O3/c1-3-9-19(10-4-1)23-17-31-27(29-23)15-25-21-13-7-8-14-22(21)26(33-25)16-28-30-24(18-32-28)20-11-5-2-6-12-20/h1-16,23-24H,17-18H2/b25-15-,26-16-/t23-,24-/m0/s1. The summed E-state index contributed by atoms with van der Waals surface area (Å²) >= 11 is 0. The highest BCUT2D eigenvalue weighted by Gasteiger charge is 2.21. The second-order valence-corrected chi connectivity index (χ2v) is 8.07. The minimum atomic E-state index is 0.000809. The molecule has 0 spiro atoms. The molecule has 3 aromatic carbocycles. The van der Waals surface area contributed by atoms with Gasteiger partial charge < -0.3 is 13.9 Å². The first-order chi connectivity index (χ1) is 16.3. The first-order valence-electron chi connectivity index (χ1n) is 11.1. The van der Waals surface area contributed by atoms with E-state index in [1.54, 1.807) is 0 Å². The van der Waals surface area contributed by atoms with E-state index in [1.807, 2.05) is 72.8 Å². The van der Waals surface area contributed by atoms with Crippen molar-refractivity contribution in [3.8, 4) is 0 Å². The number of aliphatic imine (C=N–C) groups is 2. The van der Waals surface area contributed by atoms with Crippen LogP contribution >= 0.6 is 0 Å². The predicted molar refractivity (Wildman–Crippen MR) is 130 cm³/mol. The average molecular weight is 434 g/mol. The lowest BCUT2D eigenvalue weighted by Crippen LogP contribution is -2.07. The summed E-state index contributed by atoms with van der Waals surface area (Å²) in [5, 5.41) is 1.99. The maximum absolute atomic E-state index is 6.24. The van der Waals surface area contributed by atoms with Crippen LogP contribution in [0.2, 0.25) is 0 Å². The number of rotatable bonds is 4. The van der Waals surface area contributed by atoms with Crippen LogP contribution in [0.5, 0.6) is 0 Å². The van der Waals surface area contributed by atoms with Gasteiger partial charge in [-0.15, -0.1) is 0 Å². The molecule has 5 nitrogen and oxygen atoms in total. The summed E-state index contributed by atoms with van der Waals surface area (Å²) in [6.07, 6.45) is 3.74. The molecule has 0 saturated carbocycles. The number of nitrogens with zero attached hydrogens (tertiary/aromatic N) is 2. The van der Waals surface area contributed by atoms with Crippen LogP contribution in [0.25, 0.3) is 22.9 Å². The van der Waals surface area contributed by atoms with Gasteiger partial charge in [-0.05, 0) is 11.1 Å². The zero-order chi connectivity index (χ0) is 22.0. The number of hydrogen-bond donors (Lipinski definition) is 0. The Balaban J connectivity index is 1.37. The third-order valence-corrected chi connectivity index (χ3v) is 5.90. The van der Waals surface area contributed by atoms with Crippen molar-refractivity contribution >= 4 is 34.7 Å². The molecule has 162 valence electrons. The predicted octanol–water partition coefficient (Wildman–Crippen LogP) is 4.33. The van der Waals surface area contributed by atoms with Gasteiger partial charge in [0.15, 0.2) is 0 Å². The Morgan fingerprint density at radius 1 is 0.576 bits per heavy atom. The van der Waals surface area contributed by atoms with Gasteiger partial charge in [-0.1, -0.05) is 84.9 Å². The number of hydrogen-bond acceptors (Lipinski definition) is 5. The van der Waals surface area contributed by atoms with Gasteiger partial charge in [-0.3, -0.25) is 0 Å². The van der Waals surface area contributed by atoms with E-state index in [1.165, 1.54) is 0 Å². The minimum Gasteiger partial charge on any atom is -0.475 e. The molecule has 3 heterocycles. The molecule has 0 bridgehead atoms. The fraction of sp³-hybridized carbons (Fsp3) is 0.143. The topological polar surface area (TPSA) is 56.3 Å². The van der Waals surface area contributed by atoms with Crippen LogP contribution < -0.4 is 10.8 Å². The zero-order valence-electron chi connectivity index (χ0n) is 17.9. The smallest absolute Gasteiger partial charge is 0.213 e. The van der Waals surface area contributed by atoms with E-state index in [0.29, 0.717) is 35.8 Å². The Morgan fingerprint density at radius 2 is 1.00 bits per heavy atom. The van der Waals surface area contributed by atoms with E-state index in [-0.39, 0.29) is 12.1 Å². The molecule has 2 atom stereocenters. The van der Waals surface area contributed by atoms with E-state index in [4.69, 9.17) is 23.9 Å². The summed E-state index contributed by atoms with van der Waals surface area (Å²) in [4.78, 5) is 9.47. The van der Waals surface area contributed by atoms with Crippen LogP contribution in [0, 0.1) is 0 Å². The average Bonchev–Trinajstić information content (AvgIpc) is 3.61. The minimum absolute atomic E-state index is 0.000809. The number of ether oxygens (including phenoxy) is 2. The Labute approximate surface area is 191 Å². The van der Waals surface area contributed by atoms with E-state index >= 15 is 0 Å². The molecule has 0 N–H and O–H groups in total. The molecule has 2 aliphatic heterocycles. The van der Waals surface area contributed by atoms with Crippen molar-refractivity contribution in [2.45, 2.75) is 12.1 Å². The molecule has 5 heteroatoms. The van der Waals surface area contributed by atoms with Crippen molar-refractivity contribution in [1.82, 2.24) is 0 Å². The Bertz CT molecular complexity index is 1360. The van der Waals surface area contributed by atoms with Crippen LogP contribution in [-0.4, -0.2) is 25.0 Å². The maximum Gasteiger partial charge on any atom is 0.213 e. The zero-order valence-corrected chi connectivity index (χ0v) is 17.9. The molecule has 0 aliphatic carbocycles. The maximum atomic E-state index is 6.24. The van der Waals surface area contributed by atoms with Crippen LogP contribution in [-0.2, 0) is 9.47 Å². The Kier molecular flexibility index (Phi) is 5.00. The van der Waals surface area contributed by atoms with Gasteiger partial charge >= 0.3 is 0 Å². The lowest BCUT2D eigenvalue weighted by Gasteiger charge is -2.03. The van der Waals surface area contributed by atoms with Crippen LogP contribution in [0.15, 0.2) is 99.3 Å². The SMILES string of the molecule is C(/C1=N[C@H](c2ccccc2)CO1)=c1/o/c(=C\C2=N[C@H](c3ccccc3)CO2)c2ccccc12. The van der Waals surface area contributed by atoms with E-state index in [2.05, 4.69) is 24.3 Å². The fourth-order valence-corrected chi connectivity index (χ4v) is 4.21. The van der Waals surface area contributed by atoms with E-state index in [0.717, 1.165) is 21.9 Å². The first kappa shape index (κ1) is 19.6. The monoisotopic (exact) mass is 434 g/mol. The van der Waals surface area contributed by atoms with Gasteiger partial charge in [0.2, 0.25) is 11.8 Å². The molecular formula is C28H22N2O3. The lowest BCUT2D eigenvalue weighted by atomic mass is 10.1. The third-order valence-electron chi connectivity index (χ3n) is 5.90. The second kappa shape index (κ2) is 8.43. The summed E-state index contributed by atoms with van der Waals surface area (Å²) in [7, 11) is 0. The molecule has 0 saturated heterocycles. The Morgan fingerprint density at radius 3 is 1.45 bits per heavy atom. The van der Waals surface area contributed by atoms with Crippen molar-refractivity contribution in [1.29, 1.82) is 0 Å². The van der Waals surface area contributed by atoms with E-state index in [9.17, 15) is 0 Å². The molecule has 6 rings (SSSR count). The largest absolute Gasteiger partial charge is 0.475 e. The van der Waals surface area contributed by atoms with Gasteiger partial charge in [0.05, 0.1) is 0 Å². The van der Waals surface area contributed by atoms with Crippen molar-refractivity contribution in [3.05, 3.63) is 107 Å². The van der Waals surface area contributed by atoms with Crippen molar-refractivity contribution in [2.75, 3.05) is 13.2 Å². The summed E-state index contributed by atoms with van der Waals surface area (Å²) in [6.45, 7) is 1.05. The first-order valence-corrected chi connectivity index (χ1v) is 11.1. The van der Waals surface area contributed by atoms with Gasteiger partial charge in [0, 0.05) is 22.9 Å². The van der Waals surface area contributed by atoms with Crippen molar-refractivity contribution < 1.29 is 13.9 Å². The lowest BCUT2D eigenvalue weighted by molar-refractivity contribution is 0.322. The normalized spacial score (nSPS) is 21.1. The fourth-order valence-electron chi connectivity index (χ4n) is 4.21. The van der Waals surface area contributed by atoms with Crippen LogP contribution in [0.4, 0.5) is 0 Å². The van der Waals surface area contributed by atoms with Gasteiger partial charge in [0.1, 0.15) is 36.1 Å². The Hall–Kier alpha value is -4.12. The molecule has 0 amide bonds. The quantitative estimate of drug-likeness (QED) is 0.480. The number of fused-ring (bicyclic) bond motifs is 1. The molecule has 0 unspecified atom stereocenters. The second-order valence-electron chi connectivity index (χ2n) is 8.07. The molecule has 2 aliphatic rings. The highest BCUT2D eigenvalue weighted by molar-refractivity contribution is 6.08. The van der Waals surface area contributed by atoms with Crippen LogP contribution in [0.1, 0.15) is 23.2 Å². The molecule has 0 fully saturated rings. The third kappa shape index (κ3) is 3.94. The highest BCUT2D eigenvalue weighted by atomic mass is 16.5. The highest BCUT2D eigenvalue weighted by Crippen LogP contribution is 2.24. The molecular weight excluding hydrogens is 412 g/mol.